The fourth-order valence-corrected chi connectivity index (χ4v) is 7.08. The minimum atomic E-state index is -4.77. The third-order valence-electron chi connectivity index (χ3n) is 5.98. The molecule has 0 aliphatic carbocycles. The molecule has 1 amide bonds. The van der Waals surface area contributed by atoms with Gasteiger partial charge in [-0.15, -0.1) is 10.8 Å². The van der Waals surface area contributed by atoms with E-state index in [-0.39, 0.29) is 12.2 Å². The van der Waals surface area contributed by atoms with Crippen LogP contribution in [-0.4, -0.2) is 62.3 Å². The van der Waals surface area contributed by atoms with E-state index in [1.54, 1.807) is 0 Å². The van der Waals surface area contributed by atoms with E-state index in [0.29, 0.717) is 6.42 Å². The van der Waals surface area contributed by atoms with Gasteiger partial charge in [0, 0.05) is 19.5 Å². The summed E-state index contributed by atoms with van der Waals surface area (Å²) in [6.45, 7) is 0.0152. The van der Waals surface area contributed by atoms with Gasteiger partial charge in [0.15, 0.2) is 0 Å². The first-order valence-electron chi connectivity index (χ1n) is 8.74. The van der Waals surface area contributed by atoms with Crippen LogP contribution in [0.3, 0.4) is 0 Å². The van der Waals surface area contributed by atoms with Crippen molar-refractivity contribution in [1.29, 1.82) is 5.26 Å². The van der Waals surface area contributed by atoms with Gasteiger partial charge in [-0.2, -0.15) is 18.4 Å². The lowest BCUT2D eigenvalue weighted by molar-refractivity contribution is -0.137. The summed E-state index contributed by atoms with van der Waals surface area (Å²) in [6.07, 6.45) is -6.77. The van der Waals surface area contributed by atoms with Gasteiger partial charge in [0.1, 0.15) is 5.25 Å². The first-order valence-corrected chi connectivity index (χ1v) is 10.3. The standard InChI is InChI=1S/C17H18F3N3O5S/c1-22(16(24)25)12-5-13-15-10(14(12)28-13)7-23(29(15,26)27)9-3-2-8(6-21)11(4-9)17(18,19)20/h2-4,10,12-15,26-27H,5,7H2,1H3,(H,24,25)/t10-,12+,13+,14+,15-/m0/s1. The molecule has 29 heavy (non-hydrogen) atoms. The molecular weight excluding hydrogens is 415 g/mol. The van der Waals surface area contributed by atoms with Crippen LogP contribution in [0.5, 0.6) is 0 Å². The largest absolute Gasteiger partial charge is 0.465 e. The van der Waals surface area contributed by atoms with E-state index in [1.165, 1.54) is 19.2 Å². The maximum atomic E-state index is 13.3. The molecule has 3 heterocycles. The van der Waals surface area contributed by atoms with Crippen LogP contribution in [0.4, 0.5) is 23.7 Å². The number of hydrogen-bond acceptors (Lipinski definition) is 6. The molecule has 1 aromatic carbocycles. The van der Waals surface area contributed by atoms with Crippen LogP contribution in [0.2, 0.25) is 0 Å². The van der Waals surface area contributed by atoms with Gasteiger partial charge in [-0.05, 0) is 24.6 Å². The number of carbonyl (C=O) groups is 1. The van der Waals surface area contributed by atoms with E-state index in [4.69, 9.17) is 10.00 Å². The van der Waals surface area contributed by atoms with Gasteiger partial charge in [0.2, 0.25) is 0 Å². The number of halogens is 3. The Morgan fingerprint density at radius 2 is 2.10 bits per heavy atom. The van der Waals surface area contributed by atoms with Crippen LogP contribution < -0.4 is 4.31 Å². The van der Waals surface area contributed by atoms with E-state index >= 15 is 0 Å². The van der Waals surface area contributed by atoms with Crippen LogP contribution in [0.15, 0.2) is 18.2 Å². The highest BCUT2D eigenvalue weighted by Crippen LogP contribution is 2.66. The average Bonchev–Trinajstić information content (AvgIpc) is 3.29. The van der Waals surface area contributed by atoms with Gasteiger partial charge in [0.25, 0.3) is 0 Å². The van der Waals surface area contributed by atoms with E-state index < -0.39 is 63.6 Å². The lowest BCUT2D eigenvalue weighted by Gasteiger charge is -2.44. The second kappa shape index (κ2) is 6.40. The molecule has 0 spiro atoms. The highest BCUT2D eigenvalue weighted by Gasteiger charge is 2.65. The van der Waals surface area contributed by atoms with Crippen molar-refractivity contribution in [2.24, 2.45) is 5.92 Å². The normalized spacial score (nSPS) is 33.3. The Bertz CT molecular complexity index is 905. The summed E-state index contributed by atoms with van der Waals surface area (Å²) in [5.41, 5.74) is -1.75. The molecule has 3 saturated heterocycles. The van der Waals surface area contributed by atoms with Crippen molar-refractivity contribution in [3.05, 3.63) is 29.3 Å². The fraction of sp³-hybridized carbons (Fsp3) is 0.529. The fourth-order valence-electron chi connectivity index (χ4n) is 4.68. The van der Waals surface area contributed by atoms with Gasteiger partial charge in [-0.1, -0.05) is 0 Å². The summed E-state index contributed by atoms with van der Waals surface area (Å²) in [6, 6.07) is 4.05. The van der Waals surface area contributed by atoms with Gasteiger partial charge in [-0.3, -0.25) is 13.4 Å². The molecule has 3 N–H and O–H groups in total. The van der Waals surface area contributed by atoms with Gasteiger partial charge in [0.05, 0.1) is 41.1 Å². The second-order valence-electron chi connectivity index (χ2n) is 7.43. The Kier molecular flexibility index (Phi) is 4.43. The number of amides is 1. The summed E-state index contributed by atoms with van der Waals surface area (Å²) < 4.78 is 68.6. The number of alkyl halides is 3. The molecule has 12 heteroatoms. The summed E-state index contributed by atoms with van der Waals surface area (Å²) >= 11 is 0. The molecule has 1 aromatic rings. The molecule has 3 fully saturated rings. The molecule has 4 rings (SSSR count). The lowest BCUT2D eigenvalue weighted by Crippen LogP contribution is -2.48. The first-order chi connectivity index (χ1) is 13.5. The Morgan fingerprint density at radius 3 is 2.69 bits per heavy atom. The number of anilines is 1. The number of fused-ring (bicyclic) bond motifs is 5. The molecule has 0 unspecified atom stereocenters. The Labute approximate surface area is 165 Å². The topological polar surface area (TPSA) is 117 Å². The van der Waals surface area contributed by atoms with E-state index in [9.17, 15) is 32.2 Å². The number of benzene rings is 1. The minimum absolute atomic E-state index is 0.0152. The van der Waals surface area contributed by atoms with Crippen molar-refractivity contribution in [3.63, 3.8) is 0 Å². The Hall–Kier alpha value is -2.20. The zero-order chi connectivity index (χ0) is 21.3. The highest BCUT2D eigenvalue weighted by molar-refractivity contribution is 8.26. The van der Waals surface area contributed by atoms with Crippen molar-refractivity contribution in [2.45, 2.75) is 36.1 Å². The summed E-state index contributed by atoms with van der Waals surface area (Å²) in [7, 11) is -2.10. The summed E-state index contributed by atoms with van der Waals surface area (Å²) in [5, 5.41) is 17.5. The van der Waals surface area contributed by atoms with Crippen LogP contribution in [-0.2, 0) is 10.9 Å². The number of carboxylic acid groups (broad SMARTS) is 1. The van der Waals surface area contributed by atoms with Gasteiger partial charge < -0.3 is 14.7 Å². The Morgan fingerprint density at radius 1 is 1.41 bits per heavy atom. The Balaban J connectivity index is 1.67. The van der Waals surface area contributed by atoms with Crippen molar-refractivity contribution >= 4 is 22.6 Å². The summed E-state index contributed by atoms with van der Waals surface area (Å²) in [5.74, 6) is -0.435. The van der Waals surface area contributed by atoms with Crippen molar-refractivity contribution in [1.82, 2.24) is 4.90 Å². The molecular formula is C17H18F3N3O5S. The number of hydrogen-bond donors (Lipinski definition) is 3. The molecule has 0 radical (unpaired) electrons. The molecule has 5 atom stereocenters. The molecule has 3 aliphatic rings. The molecule has 158 valence electrons. The predicted molar refractivity (Wildman–Crippen MR) is 96.5 cm³/mol. The molecule has 3 aliphatic heterocycles. The average molecular weight is 433 g/mol. The molecule has 0 aromatic heterocycles. The first kappa shape index (κ1) is 20.1. The number of ether oxygens (including phenoxy) is 1. The highest BCUT2D eigenvalue weighted by atomic mass is 32.3. The number of nitriles is 1. The van der Waals surface area contributed by atoms with Crippen LogP contribution in [0, 0.1) is 17.2 Å². The third kappa shape index (κ3) is 2.92. The van der Waals surface area contributed by atoms with Crippen LogP contribution >= 0.6 is 10.8 Å². The van der Waals surface area contributed by atoms with E-state index in [2.05, 4.69) is 0 Å². The lowest BCUT2D eigenvalue weighted by atomic mass is 9.84. The zero-order valence-corrected chi connectivity index (χ0v) is 15.9. The van der Waals surface area contributed by atoms with E-state index in [1.807, 2.05) is 0 Å². The van der Waals surface area contributed by atoms with Crippen molar-refractivity contribution < 1.29 is 36.9 Å². The second-order valence-corrected chi connectivity index (χ2v) is 9.53. The van der Waals surface area contributed by atoms with Crippen molar-refractivity contribution in [2.75, 3.05) is 17.9 Å². The monoisotopic (exact) mass is 433 g/mol. The van der Waals surface area contributed by atoms with Crippen LogP contribution in [0.25, 0.3) is 0 Å². The zero-order valence-electron chi connectivity index (χ0n) is 15.1. The number of likely N-dealkylation sites (N-methyl/N-ethyl adjacent to an activating group) is 1. The van der Waals surface area contributed by atoms with Gasteiger partial charge >= 0.3 is 12.3 Å². The smallest absolute Gasteiger partial charge is 0.417 e. The molecule has 8 nitrogen and oxygen atoms in total. The SMILES string of the molecule is CN(C(=O)O)[C@@H]1C[C@H]2O[C@@H]1[C@@H]1CN(c3ccc(C#N)c(C(F)(F)F)c3)S(O)(O)[C@@H]12. The summed E-state index contributed by atoms with van der Waals surface area (Å²) in [4.78, 5) is 12.4. The van der Waals surface area contributed by atoms with E-state index in [0.717, 1.165) is 21.3 Å². The third-order valence-corrected chi connectivity index (χ3v) is 8.37. The number of nitrogens with zero attached hydrogens (tertiary/aromatic N) is 3. The molecule has 2 bridgehead atoms. The number of rotatable bonds is 2. The van der Waals surface area contributed by atoms with Crippen molar-refractivity contribution in [3.8, 4) is 6.07 Å². The van der Waals surface area contributed by atoms with Gasteiger partial charge in [-0.25, -0.2) is 4.79 Å². The quantitative estimate of drug-likeness (QED) is 0.656. The predicted octanol–water partition coefficient (Wildman–Crippen LogP) is 3.20. The minimum Gasteiger partial charge on any atom is -0.465 e. The maximum absolute atomic E-state index is 13.3. The van der Waals surface area contributed by atoms with Crippen LogP contribution in [0.1, 0.15) is 17.5 Å². The molecule has 0 saturated carbocycles. The maximum Gasteiger partial charge on any atom is 0.417 e.